The predicted octanol–water partition coefficient (Wildman–Crippen LogP) is 4.08. The SMILES string of the molecule is CC(=O)Nc1cccc(-c2cccc(Cn3c(=O)c(O)c(C(=O)O)c4ccccc43)c2)c1. The van der Waals surface area contributed by atoms with Crippen LogP contribution in [-0.4, -0.2) is 26.7 Å². The van der Waals surface area contributed by atoms with Crippen LogP contribution in [0.25, 0.3) is 22.0 Å². The first-order valence-corrected chi connectivity index (χ1v) is 9.90. The standard InChI is InChI=1S/C25H20N2O5/c1-15(28)26-19-9-5-8-18(13-19)17-7-4-6-16(12-17)14-27-21-11-3-2-10-20(21)22(25(31)32)23(29)24(27)30/h2-13,29H,14H2,1H3,(H,26,28)(H,31,32). The second kappa shape index (κ2) is 8.39. The summed E-state index contributed by atoms with van der Waals surface area (Å²) in [7, 11) is 0. The molecule has 0 spiro atoms. The number of amides is 1. The van der Waals surface area contributed by atoms with E-state index in [4.69, 9.17) is 0 Å². The minimum atomic E-state index is -1.36. The second-order valence-corrected chi connectivity index (χ2v) is 7.40. The summed E-state index contributed by atoms with van der Waals surface area (Å²) in [6.45, 7) is 1.59. The highest BCUT2D eigenvalue weighted by Gasteiger charge is 2.21. The van der Waals surface area contributed by atoms with Crippen LogP contribution in [0.4, 0.5) is 5.69 Å². The molecule has 160 valence electrons. The number of pyridine rings is 1. The maximum Gasteiger partial charge on any atom is 0.340 e. The fourth-order valence-corrected chi connectivity index (χ4v) is 3.78. The van der Waals surface area contributed by atoms with Crippen LogP contribution in [-0.2, 0) is 11.3 Å². The molecule has 1 aromatic heterocycles. The molecule has 3 N–H and O–H groups in total. The maximum absolute atomic E-state index is 12.8. The molecule has 0 aliphatic rings. The van der Waals surface area contributed by atoms with Crippen LogP contribution in [0, 0.1) is 0 Å². The summed E-state index contributed by atoms with van der Waals surface area (Å²) < 4.78 is 1.37. The van der Waals surface area contributed by atoms with E-state index in [2.05, 4.69) is 5.32 Å². The van der Waals surface area contributed by atoms with E-state index in [1.807, 2.05) is 42.5 Å². The average molecular weight is 428 g/mol. The molecule has 0 aliphatic heterocycles. The fourth-order valence-electron chi connectivity index (χ4n) is 3.78. The van der Waals surface area contributed by atoms with Crippen molar-refractivity contribution < 1.29 is 19.8 Å². The molecule has 4 aromatic rings. The Bertz CT molecular complexity index is 1420. The summed E-state index contributed by atoms with van der Waals surface area (Å²) in [4.78, 5) is 35.8. The Morgan fingerprint density at radius 1 is 0.938 bits per heavy atom. The van der Waals surface area contributed by atoms with E-state index in [9.17, 15) is 24.6 Å². The zero-order chi connectivity index (χ0) is 22.8. The molecule has 0 saturated heterocycles. The summed E-state index contributed by atoms with van der Waals surface area (Å²) in [5.74, 6) is -2.30. The van der Waals surface area contributed by atoms with Gasteiger partial charge < -0.3 is 20.1 Å². The molecule has 0 bridgehead atoms. The topological polar surface area (TPSA) is 109 Å². The lowest BCUT2D eigenvalue weighted by Crippen LogP contribution is -2.23. The van der Waals surface area contributed by atoms with Gasteiger partial charge in [-0.3, -0.25) is 9.59 Å². The number of benzene rings is 3. The minimum absolute atomic E-state index is 0.145. The molecule has 0 saturated carbocycles. The van der Waals surface area contributed by atoms with Gasteiger partial charge in [-0.1, -0.05) is 48.5 Å². The number of nitrogens with one attached hydrogen (secondary N) is 1. The van der Waals surface area contributed by atoms with Crippen LogP contribution in [0.2, 0.25) is 0 Å². The first kappa shape index (κ1) is 20.9. The van der Waals surface area contributed by atoms with E-state index in [-0.39, 0.29) is 17.8 Å². The lowest BCUT2D eigenvalue weighted by atomic mass is 10.0. The molecule has 7 heteroatoms. The number of aromatic hydroxyl groups is 1. The highest BCUT2D eigenvalue weighted by Crippen LogP contribution is 2.26. The van der Waals surface area contributed by atoms with Crippen LogP contribution in [0.3, 0.4) is 0 Å². The van der Waals surface area contributed by atoms with Crippen molar-refractivity contribution in [1.82, 2.24) is 4.57 Å². The maximum atomic E-state index is 12.8. The number of hydrogen-bond acceptors (Lipinski definition) is 4. The number of anilines is 1. The smallest absolute Gasteiger partial charge is 0.340 e. The molecule has 0 atom stereocenters. The van der Waals surface area contributed by atoms with E-state index in [0.717, 1.165) is 16.7 Å². The van der Waals surface area contributed by atoms with Crippen LogP contribution >= 0.6 is 0 Å². The first-order valence-electron chi connectivity index (χ1n) is 9.90. The fraction of sp³-hybridized carbons (Fsp3) is 0.0800. The number of rotatable bonds is 5. The van der Waals surface area contributed by atoms with Gasteiger partial charge in [-0.15, -0.1) is 0 Å². The van der Waals surface area contributed by atoms with E-state index < -0.39 is 22.8 Å². The van der Waals surface area contributed by atoms with Crippen molar-refractivity contribution in [2.45, 2.75) is 13.5 Å². The van der Waals surface area contributed by atoms with E-state index in [1.54, 1.807) is 30.3 Å². The number of para-hydroxylation sites is 1. The molecule has 0 unspecified atom stereocenters. The summed E-state index contributed by atoms with van der Waals surface area (Å²) in [6.07, 6.45) is 0. The van der Waals surface area contributed by atoms with Gasteiger partial charge >= 0.3 is 5.97 Å². The molecule has 0 fully saturated rings. The highest BCUT2D eigenvalue weighted by molar-refractivity contribution is 6.05. The van der Waals surface area contributed by atoms with Crippen molar-refractivity contribution in [3.63, 3.8) is 0 Å². The summed E-state index contributed by atoms with van der Waals surface area (Å²) in [5.41, 5.74) is 2.51. The van der Waals surface area contributed by atoms with Crippen molar-refractivity contribution in [2.24, 2.45) is 0 Å². The van der Waals surface area contributed by atoms with Crippen LogP contribution in [0.15, 0.2) is 77.6 Å². The molecule has 1 amide bonds. The molecule has 3 aromatic carbocycles. The number of fused-ring (bicyclic) bond motifs is 1. The van der Waals surface area contributed by atoms with Gasteiger partial charge in [0.2, 0.25) is 5.91 Å². The zero-order valence-electron chi connectivity index (χ0n) is 17.2. The van der Waals surface area contributed by atoms with Crippen LogP contribution in [0.5, 0.6) is 5.75 Å². The Kier molecular flexibility index (Phi) is 5.47. The number of aromatic nitrogens is 1. The van der Waals surface area contributed by atoms with Gasteiger partial charge in [-0.25, -0.2) is 4.79 Å². The van der Waals surface area contributed by atoms with Crippen LogP contribution in [0.1, 0.15) is 22.8 Å². The van der Waals surface area contributed by atoms with E-state index >= 15 is 0 Å². The Labute approximate surface area is 183 Å². The summed E-state index contributed by atoms with van der Waals surface area (Å²) >= 11 is 0. The summed E-state index contributed by atoms with van der Waals surface area (Å²) in [5, 5.41) is 22.8. The largest absolute Gasteiger partial charge is 0.502 e. The monoisotopic (exact) mass is 428 g/mol. The van der Waals surface area contributed by atoms with Crippen LogP contribution < -0.4 is 10.9 Å². The molecule has 32 heavy (non-hydrogen) atoms. The predicted molar refractivity (Wildman–Crippen MR) is 122 cm³/mol. The molecular weight excluding hydrogens is 408 g/mol. The van der Waals surface area contributed by atoms with Gasteiger partial charge in [0, 0.05) is 18.0 Å². The lowest BCUT2D eigenvalue weighted by Gasteiger charge is -2.14. The van der Waals surface area contributed by atoms with Gasteiger partial charge in [0.1, 0.15) is 5.56 Å². The van der Waals surface area contributed by atoms with Gasteiger partial charge in [0.05, 0.1) is 12.1 Å². The Morgan fingerprint density at radius 2 is 1.62 bits per heavy atom. The number of nitrogens with zero attached hydrogens (tertiary/aromatic N) is 1. The molecule has 7 nitrogen and oxygen atoms in total. The number of aromatic carboxylic acids is 1. The lowest BCUT2D eigenvalue weighted by molar-refractivity contribution is -0.114. The Hall–Kier alpha value is -4.39. The van der Waals surface area contributed by atoms with E-state index in [0.29, 0.717) is 11.2 Å². The van der Waals surface area contributed by atoms with Gasteiger partial charge in [-0.2, -0.15) is 0 Å². The van der Waals surface area contributed by atoms with Crippen molar-refractivity contribution in [3.8, 4) is 16.9 Å². The van der Waals surface area contributed by atoms with Gasteiger partial charge in [0.25, 0.3) is 5.56 Å². The molecule has 0 radical (unpaired) electrons. The Morgan fingerprint density at radius 3 is 2.34 bits per heavy atom. The summed E-state index contributed by atoms with van der Waals surface area (Å²) in [6, 6.07) is 21.5. The number of carbonyl (C=O) groups is 2. The molecule has 1 heterocycles. The number of carbonyl (C=O) groups excluding carboxylic acids is 1. The van der Waals surface area contributed by atoms with Crippen molar-refractivity contribution >= 4 is 28.5 Å². The van der Waals surface area contributed by atoms with Crippen molar-refractivity contribution in [2.75, 3.05) is 5.32 Å². The van der Waals surface area contributed by atoms with Gasteiger partial charge in [0.15, 0.2) is 5.75 Å². The zero-order valence-corrected chi connectivity index (χ0v) is 17.2. The minimum Gasteiger partial charge on any atom is -0.502 e. The highest BCUT2D eigenvalue weighted by atomic mass is 16.4. The third-order valence-electron chi connectivity index (χ3n) is 5.15. The Balaban J connectivity index is 1.78. The molecule has 0 aliphatic carbocycles. The van der Waals surface area contributed by atoms with Gasteiger partial charge in [-0.05, 0) is 41.0 Å². The number of carboxylic acid groups (broad SMARTS) is 1. The second-order valence-electron chi connectivity index (χ2n) is 7.40. The first-order chi connectivity index (χ1) is 15.3. The third kappa shape index (κ3) is 3.96. The van der Waals surface area contributed by atoms with Crippen molar-refractivity contribution in [1.29, 1.82) is 0 Å². The van der Waals surface area contributed by atoms with E-state index in [1.165, 1.54) is 11.5 Å². The number of hydrogen-bond donors (Lipinski definition) is 3. The quantitative estimate of drug-likeness (QED) is 0.444. The normalized spacial score (nSPS) is 10.8. The molecular formula is C25H20N2O5. The third-order valence-corrected chi connectivity index (χ3v) is 5.15. The average Bonchev–Trinajstić information content (AvgIpc) is 2.77. The number of carboxylic acids is 1. The van der Waals surface area contributed by atoms with Crippen molar-refractivity contribution in [3.05, 3.63) is 94.3 Å². The molecule has 4 rings (SSSR count).